The zero-order chi connectivity index (χ0) is 25.8. The summed E-state index contributed by atoms with van der Waals surface area (Å²) < 4.78 is 87.0. The molecule has 2 N–H and O–H groups in total. The smallest absolute Gasteiger partial charge is 0.296 e. The Labute approximate surface area is 201 Å². The molecule has 2 aromatic carbocycles. The average Bonchev–Trinajstić information content (AvgIpc) is 3.35. The summed E-state index contributed by atoms with van der Waals surface area (Å²) in [7, 11) is 0. The van der Waals surface area contributed by atoms with Gasteiger partial charge >= 0.3 is 29.6 Å². The molecule has 14 heteroatoms. The van der Waals surface area contributed by atoms with Crippen LogP contribution in [-0.2, 0) is 9.59 Å². The fourth-order valence-corrected chi connectivity index (χ4v) is 4.70. The molecule has 0 atom stereocenters. The van der Waals surface area contributed by atoms with Crippen LogP contribution >= 0.6 is 22.7 Å². The zero-order valence-corrected chi connectivity index (χ0v) is 19.4. The van der Waals surface area contributed by atoms with Gasteiger partial charge in [0.05, 0.1) is 20.4 Å². The summed E-state index contributed by atoms with van der Waals surface area (Å²) >= 11 is 1.37. The van der Waals surface area contributed by atoms with Crippen molar-refractivity contribution in [2.45, 2.75) is 31.6 Å². The molecule has 4 rings (SSSR count). The van der Waals surface area contributed by atoms with Crippen molar-refractivity contribution in [2.75, 3.05) is 10.6 Å². The standard InChI is InChI=1S/C21H14F6N4O2S2/c1-9-3-5-13-11(7-9)28-17(34-13)30-15(32)19(22,23)21(26,27)20(24,25)16(33)31-18-29-12-8-10(2)4-6-14(12)35-18/h3-8H,1-2H3,(H,28,30,32)(H,29,31,33). The average molecular weight is 532 g/mol. The second kappa shape index (κ2) is 8.45. The Hall–Kier alpha value is -3.26. The first-order valence-corrected chi connectivity index (χ1v) is 11.4. The fourth-order valence-electron chi connectivity index (χ4n) is 3.02. The Bertz CT molecular complexity index is 1360. The molecular formula is C21H14F6N4O2S2. The molecule has 2 aromatic heterocycles. The van der Waals surface area contributed by atoms with Gasteiger partial charge in [0.25, 0.3) is 0 Å². The Morgan fingerprint density at radius 1 is 0.714 bits per heavy atom. The first-order valence-electron chi connectivity index (χ1n) is 9.73. The first kappa shape index (κ1) is 24.9. The maximum Gasteiger partial charge on any atom is 0.393 e. The monoisotopic (exact) mass is 532 g/mol. The van der Waals surface area contributed by atoms with Crippen molar-refractivity contribution in [3.05, 3.63) is 47.5 Å². The van der Waals surface area contributed by atoms with E-state index in [9.17, 15) is 35.9 Å². The van der Waals surface area contributed by atoms with Gasteiger partial charge in [-0.05, 0) is 49.2 Å². The van der Waals surface area contributed by atoms with Crippen LogP contribution in [0.25, 0.3) is 20.4 Å². The van der Waals surface area contributed by atoms with Crippen LogP contribution in [0, 0.1) is 13.8 Å². The highest BCUT2D eigenvalue weighted by molar-refractivity contribution is 7.22. The van der Waals surface area contributed by atoms with E-state index in [-0.39, 0.29) is 11.0 Å². The summed E-state index contributed by atoms with van der Waals surface area (Å²) in [5.74, 6) is -23.8. The van der Waals surface area contributed by atoms with Crippen LogP contribution in [0.15, 0.2) is 36.4 Å². The third-order valence-corrected chi connectivity index (χ3v) is 6.79. The van der Waals surface area contributed by atoms with E-state index in [4.69, 9.17) is 0 Å². The number of thiazole rings is 2. The predicted octanol–water partition coefficient (Wildman–Crippen LogP) is 6.01. The molecule has 0 aliphatic rings. The van der Waals surface area contributed by atoms with E-state index in [0.717, 1.165) is 11.1 Å². The molecule has 0 fully saturated rings. The van der Waals surface area contributed by atoms with Gasteiger partial charge in [0.15, 0.2) is 10.3 Å². The largest absolute Gasteiger partial charge is 0.393 e. The molecule has 2 amide bonds. The highest BCUT2D eigenvalue weighted by atomic mass is 32.1. The summed E-state index contributed by atoms with van der Waals surface area (Å²) in [5, 5.41) is 1.89. The Balaban J connectivity index is 1.55. The number of hydrogen-bond donors (Lipinski definition) is 2. The molecule has 0 aliphatic carbocycles. The molecule has 0 saturated carbocycles. The number of benzene rings is 2. The van der Waals surface area contributed by atoms with E-state index >= 15 is 0 Å². The Morgan fingerprint density at radius 3 is 1.46 bits per heavy atom. The van der Waals surface area contributed by atoms with E-state index < -0.39 is 39.8 Å². The zero-order valence-electron chi connectivity index (χ0n) is 17.8. The summed E-state index contributed by atoms with van der Waals surface area (Å²) in [6.07, 6.45) is 0. The van der Waals surface area contributed by atoms with E-state index in [1.165, 1.54) is 10.6 Å². The highest BCUT2D eigenvalue weighted by Crippen LogP contribution is 2.47. The van der Waals surface area contributed by atoms with Gasteiger partial charge in [0.1, 0.15) is 0 Å². The van der Waals surface area contributed by atoms with Crippen LogP contribution < -0.4 is 10.6 Å². The number of carbonyl (C=O) groups excluding carboxylic acids is 2. The number of alkyl halides is 6. The molecule has 0 bridgehead atoms. The second-order valence-electron chi connectivity index (χ2n) is 7.61. The summed E-state index contributed by atoms with van der Waals surface area (Å²) in [4.78, 5) is 31.6. The minimum Gasteiger partial charge on any atom is -0.296 e. The number of amides is 2. The summed E-state index contributed by atoms with van der Waals surface area (Å²) in [6, 6.07) is 9.56. The van der Waals surface area contributed by atoms with Crippen LogP contribution in [-0.4, -0.2) is 39.5 Å². The van der Waals surface area contributed by atoms with Gasteiger partial charge in [-0.15, -0.1) is 0 Å². The number of aromatic nitrogens is 2. The van der Waals surface area contributed by atoms with Crippen molar-refractivity contribution in [3.8, 4) is 0 Å². The van der Waals surface area contributed by atoms with Crippen LogP contribution in [0.2, 0.25) is 0 Å². The molecule has 0 radical (unpaired) electrons. The number of aryl methyl sites for hydroxylation is 2. The molecule has 4 aromatic rings. The molecule has 2 heterocycles. The number of anilines is 2. The number of halogens is 6. The maximum absolute atomic E-state index is 14.3. The minimum atomic E-state index is -6.38. The molecule has 0 aliphatic heterocycles. The van der Waals surface area contributed by atoms with E-state index in [1.807, 2.05) is 0 Å². The van der Waals surface area contributed by atoms with Crippen molar-refractivity contribution in [1.82, 2.24) is 9.97 Å². The lowest BCUT2D eigenvalue weighted by atomic mass is 10.0. The lowest BCUT2D eigenvalue weighted by Crippen LogP contribution is -2.63. The van der Waals surface area contributed by atoms with Crippen LogP contribution in [0.5, 0.6) is 0 Å². The summed E-state index contributed by atoms with van der Waals surface area (Å²) in [5.41, 5.74) is 2.09. The first-order chi connectivity index (χ1) is 16.2. The Kier molecular flexibility index (Phi) is 6.00. The second-order valence-corrected chi connectivity index (χ2v) is 9.67. The van der Waals surface area contributed by atoms with E-state index in [2.05, 4.69) is 9.97 Å². The third kappa shape index (κ3) is 4.31. The van der Waals surface area contributed by atoms with Crippen LogP contribution in [0.3, 0.4) is 0 Å². The van der Waals surface area contributed by atoms with Gasteiger partial charge in [-0.2, -0.15) is 26.3 Å². The van der Waals surface area contributed by atoms with Crippen molar-refractivity contribution >= 4 is 65.2 Å². The predicted molar refractivity (Wildman–Crippen MR) is 121 cm³/mol. The van der Waals surface area contributed by atoms with Crippen LogP contribution in [0.1, 0.15) is 11.1 Å². The molecule has 0 unspecified atom stereocenters. The molecule has 0 spiro atoms. The number of hydrogen-bond acceptors (Lipinski definition) is 6. The van der Waals surface area contributed by atoms with E-state index in [1.54, 1.807) is 50.2 Å². The lowest BCUT2D eigenvalue weighted by molar-refractivity contribution is -0.283. The molecular weight excluding hydrogens is 518 g/mol. The Morgan fingerprint density at radius 2 is 1.09 bits per heavy atom. The maximum atomic E-state index is 14.3. The summed E-state index contributed by atoms with van der Waals surface area (Å²) in [6.45, 7) is 3.43. The van der Waals surface area contributed by atoms with Crippen molar-refractivity contribution in [3.63, 3.8) is 0 Å². The van der Waals surface area contributed by atoms with Crippen molar-refractivity contribution < 1.29 is 35.9 Å². The van der Waals surface area contributed by atoms with Gasteiger partial charge in [-0.1, -0.05) is 34.8 Å². The molecule has 35 heavy (non-hydrogen) atoms. The number of nitrogens with one attached hydrogen (secondary N) is 2. The van der Waals surface area contributed by atoms with E-state index in [0.29, 0.717) is 32.1 Å². The van der Waals surface area contributed by atoms with Crippen molar-refractivity contribution in [1.29, 1.82) is 0 Å². The number of rotatable bonds is 6. The van der Waals surface area contributed by atoms with Crippen LogP contribution in [0.4, 0.5) is 36.6 Å². The molecule has 0 saturated heterocycles. The normalized spacial score (nSPS) is 12.8. The third-order valence-electron chi connectivity index (χ3n) is 4.89. The number of fused-ring (bicyclic) bond motifs is 2. The molecule has 184 valence electrons. The number of nitrogens with zero attached hydrogens (tertiary/aromatic N) is 2. The van der Waals surface area contributed by atoms with Gasteiger partial charge in [0, 0.05) is 0 Å². The number of carbonyl (C=O) groups is 2. The molecule has 6 nitrogen and oxygen atoms in total. The van der Waals surface area contributed by atoms with Gasteiger partial charge in [0.2, 0.25) is 0 Å². The SMILES string of the molecule is Cc1ccc2sc(NC(=O)C(F)(F)C(F)(F)C(F)(F)C(=O)Nc3nc4cc(C)ccc4s3)nc2c1. The topological polar surface area (TPSA) is 84.0 Å². The van der Waals surface area contributed by atoms with Crippen molar-refractivity contribution in [2.24, 2.45) is 0 Å². The minimum absolute atomic E-state index is 0.288. The lowest BCUT2D eigenvalue weighted by Gasteiger charge is -2.30. The van der Waals surface area contributed by atoms with Gasteiger partial charge < -0.3 is 0 Å². The fraction of sp³-hybridized carbons (Fsp3) is 0.238. The van der Waals surface area contributed by atoms with Gasteiger partial charge in [-0.3, -0.25) is 20.2 Å². The highest BCUT2D eigenvalue weighted by Gasteiger charge is 2.78. The quantitative estimate of drug-likeness (QED) is 0.298. The van der Waals surface area contributed by atoms with Gasteiger partial charge in [-0.25, -0.2) is 9.97 Å².